The van der Waals surface area contributed by atoms with Gasteiger partial charge in [-0.25, -0.2) is 0 Å². The first-order chi connectivity index (χ1) is 11.1. The molecule has 1 aliphatic heterocycles. The fraction of sp³-hybridized carbons (Fsp3) is 0.350. The minimum Gasteiger partial charge on any atom is -0.362 e. The van der Waals surface area contributed by atoms with Crippen molar-refractivity contribution >= 4 is 17.3 Å². The predicted octanol–water partition coefficient (Wildman–Crippen LogP) is 4.20. The first-order valence-corrected chi connectivity index (χ1v) is 8.37. The molecule has 1 aliphatic rings. The van der Waals surface area contributed by atoms with Gasteiger partial charge in [0, 0.05) is 17.9 Å². The zero-order valence-electron chi connectivity index (χ0n) is 13.9. The molecule has 0 atom stereocenters. The van der Waals surface area contributed by atoms with Gasteiger partial charge >= 0.3 is 0 Å². The molecule has 1 N–H and O–H groups in total. The molecule has 3 nitrogen and oxygen atoms in total. The first kappa shape index (κ1) is 15.6. The van der Waals surface area contributed by atoms with E-state index in [-0.39, 0.29) is 5.91 Å². The minimum atomic E-state index is 0.0507. The summed E-state index contributed by atoms with van der Waals surface area (Å²) >= 11 is 0. The Morgan fingerprint density at radius 1 is 1.13 bits per heavy atom. The monoisotopic (exact) mass is 308 g/mol. The molecular formula is C20H24N2O. The summed E-state index contributed by atoms with van der Waals surface area (Å²) in [6, 6.07) is 16.4. The van der Waals surface area contributed by atoms with Crippen LogP contribution in [0.1, 0.15) is 37.3 Å². The van der Waals surface area contributed by atoms with E-state index in [4.69, 9.17) is 0 Å². The number of hydrogen-bond donors (Lipinski definition) is 1. The lowest BCUT2D eigenvalue weighted by Gasteiger charge is -2.30. The van der Waals surface area contributed by atoms with Crippen LogP contribution < -0.4 is 10.2 Å². The van der Waals surface area contributed by atoms with Crippen molar-refractivity contribution in [1.82, 2.24) is 0 Å². The normalized spacial score (nSPS) is 13.8. The Balaban J connectivity index is 1.72. The third-order valence-electron chi connectivity index (χ3n) is 4.40. The molecule has 3 heteroatoms. The number of aryl methyl sites for hydroxylation is 1. The highest BCUT2D eigenvalue weighted by Crippen LogP contribution is 2.27. The second kappa shape index (κ2) is 6.86. The van der Waals surface area contributed by atoms with Crippen LogP contribution in [-0.2, 0) is 11.2 Å². The third-order valence-corrected chi connectivity index (χ3v) is 4.40. The van der Waals surface area contributed by atoms with Gasteiger partial charge in [-0.2, -0.15) is 0 Å². The number of nitrogens with one attached hydrogen (secondary N) is 1. The van der Waals surface area contributed by atoms with Crippen molar-refractivity contribution in [3.8, 4) is 0 Å². The van der Waals surface area contributed by atoms with E-state index in [1.807, 2.05) is 24.3 Å². The standard InChI is InChI=1S/C20H24N2O/c1-15(2)17-10-4-5-11-18(17)21-20(23)14-22-13-7-9-16-8-3-6-12-19(16)22/h3-6,8,10-12,15H,7,9,13-14H2,1-2H3,(H,21,23). The van der Waals surface area contributed by atoms with Gasteiger partial charge in [-0.3, -0.25) is 4.79 Å². The molecule has 2 aromatic rings. The molecule has 3 rings (SSSR count). The van der Waals surface area contributed by atoms with Crippen molar-refractivity contribution in [1.29, 1.82) is 0 Å². The molecule has 0 aliphatic carbocycles. The summed E-state index contributed by atoms with van der Waals surface area (Å²) in [7, 11) is 0. The summed E-state index contributed by atoms with van der Waals surface area (Å²) in [5.41, 5.74) is 4.65. The lowest BCUT2D eigenvalue weighted by atomic mass is 10.0. The van der Waals surface area contributed by atoms with E-state index in [1.165, 1.54) is 16.8 Å². The number of fused-ring (bicyclic) bond motifs is 1. The molecule has 0 radical (unpaired) electrons. The molecule has 2 aromatic carbocycles. The van der Waals surface area contributed by atoms with Crippen LogP contribution in [0.15, 0.2) is 48.5 Å². The van der Waals surface area contributed by atoms with Crippen molar-refractivity contribution in [3.05, 3.63) is 59.7 Å². The maximum Gasteiger partial charge on any atom is 0.243 e. The summed E-state index contributed by atoms with van der Waals surface area (Å²) in [6.45, 7) is 5.64. The molecular weight excluding hydrogens is 284 g/mol. The average Bonchev–Trinajstić information content (AvgIpc) is 2.55. The van der Waals surface area contributed by atoms with Crippen molar-refractivity contribution < 1.29 is 4.79 Å². The Morgan fingerprint density at radius 3 is 2.70 bits per heavy atom. The Labute approximate surface area is 138 Å². The maximum absolute atomic E-state index is 12.5. The molecule has 0 saturated heterocycles. The van der Waals surface area contributed by atoms with Gasteiger partial charge in [-0.15, -0.1) is 0 Å². The topological polar surface area (TPSA) is 32.3 Å². The highest BCUT2D eigenvalue weighted by Gasteiger charge is 2.19. The van der Waals surface area contributed by atoms with E-state index in [2.05, 4.69) is 48.3 Å². The summed E-state index contributed by atoms with van der Waals surface area (Å²) in [5.74, 6) is 0.442. The highest BCUT2D eigenvalue weighted by atomic mass is 16.2. The summed E-state index contributed by atoms with van der Waals surface area (Å²) in [4.78, 5) is 14.7. The number of rotatable bonds is 4. The van der Waals surface area contributed by atoms with Crippen molar-refractivity contribution in [2.24, 2.45) is 0 Å². The van der Waals surface area contributed by atoms with Crippen LogP contribution in [0.25, 0.3) is 0 Å². The van der Waals surface area contributed by atoms with Crippen LogP contribution >= 0.6 is 0 Å². The molecule has 0 spiro atoms. The fourth-order valence-corrected chi connectivity index (χ4v) is 3.25. The van der Waals surface area contributed by atoms with Crippen LogP contribution in [0.4, 0.5) is 11.4 Å². The third kappa shape index (κ3) is 3.55. The molecule has 0 bridgehead atoms. The predicted molar refractivity (Wildman–Crippen MR) is 96.1 cm³/mol. The average molecular weight is 308 g/mol. The zero-order valence-corrected chi connectivity index (χ0v) is 13.9. The first-order valence-electron chi connectivity index (χ1n) is 8.37. The molecule has 0 fully saturated rings. The van der Waals surface area contributed by atoms with Gasteiger partial charge in [0.1, 0.15) is 0 Å². The lowest BCUT2D eigenvalue weighted by molar-refractivity contribution is -0.115. The largest absolute Gasteiger partial charge is 0.362 e. The van der Waals surface area contributed by atoms with Gasteiger partial charge in [0.15, 0.2) is 0 Å². The molecule has 120 valence electrons. The zero-order chi connectivity index (χ0) is 16.2. The Hall–Kier alpha value is -2.29. The number of hydrogen-bond acceptors (Lipinski definition) is 2. The van der Waals surface area contributed by atoms with Gasteiger partial charge in [0.2, 0.25) is 5.91 Å². The minimum absolute atomic E-state index is 0.0507. The van der Waals surface area contributed by atoms with Crippen molar-refractivity contribution in [2.45, 2.75) is 32.6 Å². The van der Waals surface area contributed by atoms with Crippen molar-refractivity contribution in [3.63, 3.8) is 0 Å². The van der Waals surface area contributed by atoms with Crippen LogP contribution in [0, 0.1) is 0 Å². The molecule has 0 saturated carbocycles. The summed E-state index contributed by atoms with van der Waals surface area (Å²) in [5, 5.41) is 3.09. The van der Waals surface area contributed by atoms with E-state index in [0.717, 1.165) is 25.1 Å². The van der Waals surface area contributed by atoms with Crippen LogP contribution in [0.3, 0.4) is 0 Å². The van der Waals surface area contributed by atoms with Gasteiger partial charge in [0.05, 0.1) is 6.54 Å². The molecule has 1 heterocycles. The molecule has 1 amide bonds. The van der Waals surface area contributed by atoms with Crippen LogP contribution in [-0.4, -0.2) is 19.0 Å². The number of amides is 1. The second-order valence-corrected chi connectivity index (χ2v) is 6.44. The number of benzene rings is 2. The Morgan fingerprint density at radius 2 is 1.87 bits per heavy atom. The highest BCUT2D eigenvalue weighted by molar-refractivity contribution is 5.95. The molecule has 0 aromatic heterocycles. The summed E-state index contributed by atoms with van der Waals surface area (Å²) < 4.78 is 0. The van der Waals surface area contributed by atoms with E-state index in [0.29, 0.717) is 12.5 Å². The van der Waals surface area contributed by atoms with E-state index in [1.54, 1.807) is 0 Å². The number of anilines is 2. The van der Waals surface area contributed by atoms with E-state index < -0.39 is 0 Å². The van der Waals surface area contributed by atoms with Crippen LogP contribution in [0.2, 0.25) is 0 Å². The molecule has 23 heavy (non-hydrogen) atoms. The summed E-state index contributed by atoms with van der Waals surface area (Å²) in [6.07, 6.45) is 2.21. The van der Waals surface area contributed by atoms with E-state index >= 15 is 0 Å². The van der Waals surface area contributed by atoms with Gasteiger partial charge in [-0.05, 0) is 42.0 Å². The number of carbonyl (C=O) groups is 1. The SMILES string of the molecule is CC(C)c1ccccc1NC(=O)CN1CCCc2ccccc21. The van der Waals surface area contributed by atoms with E-state index in [9.17, 15) is 4.79 Å². The van der Waals surface area contributed by atoms with Gasteiger partial charge in [0.25, 0.3) is 0 Å². The Kier molecular flexibility index (Phi) is 4.65. The smallest absolute Gasteiger partial charge is 0.243 e. The maximum atomic E-state index is 12.5. The number of para-hydroxylation sites is 2. The van der Waals surface area contributed by atoms with Crippen molar-refractivity contribution in [2.75, 3.05) is 23.3 Å². The Bertz CT molecular complexity index is 694. The fourth-order valence-electron chi connectivity index (χ4n) is 3.25. The second-order valence-electron chi connectivity index (χ2n) is 6.44. The number of nitrogens with zero attached hydrogens (tertiary/aromatic N) is 1. The van der Waals surface area contributed by atoms with Crippen LogP contribution in [0.5, 0.6) is 0 Å². The quantitative estimate of drug-likeness (QED) is 0.918. The molecule has 0 unspecified atom stereocenters. The lowest BCUT2D eigenvalue weighted by Crippen LogP contribution is -2.36. The number of carbonyl (C=O) groups excluding carboxylic acids is 1. The van der Waals surface area contributed by atoms with Gasteiger partial charge in [-0.1, -0.05) is 50.2 Å². The van der Waals surface area contributed by atoms with Gasteiger partial charge < -0.3 is 10.2 Å².